The highest BCUT2D eigenvalue weighted by Gasteiger charge is 2.12. The Kier molecular flexibility index (Phi) is 3.50. The molecule has 2 heterocycles. The summed E-state index contributed by atoms with van der Waals surface area (Å²) in [6.07, 6.45) is 0. The second-order valence-electron chi connectivity index (χ2n) is 5.66. The van der Waals surface area contributed by atoms with Crippen molar-refractivity contribution in [2.75, 3.05) is 7.11 Å². The summed E-state index contributed by atoms with van der Waals surface area (Å²) in [4.78, 5) is 12.7. The maximum atomic E-state index is 5.24. The molecule has 0 spiro atoms. The van der Waals surface area contributed by atoms with Gasteiger partial charge in [0, 0.05) is 11.3 Å². The lowest BCUT2D eigenvalue weighted by Gasteiger charge is -2.05. The second-order valence-corrected chi connectivity index (χ2v) is 5.66. The first-order valence-electron chi connectivity index (χ1n) is 7.82. The molecule has 118 valence electrons. The molecular formula is C20H17N3O. The summed E-state index contributed by atoms with van der Waals surface area (Å²) >= 11 is 0. The van der Waals surface area contributed by atoms with Crippen LogP contribution in [0.15, 0.2) is 60.7 Å². The normalized spacial score (nSPS) is 10.9. The van der Waals surface area contributed by atoms with Crippen molar-refractivity contribution in [3.8, 4) is 28.3 Å². The van der Waals surface area contributed by atoms with Crippen LogP contribution in [-0.2, 0) is 0 Å². The smallest absolute Gasteiger partial charge is 0.126 e. The van der Waals surface area contributed by atoms with Gasteiger partial charge in [-0.1, -0.05) is 30.3 Å². The van der Waals surface area contributed by atoms with E-state index in [0.717, 1.165) is 45.1 Å². The van der Waals surface area contributed by atoms with Crippen LogP contribution in [0.2, 0.25) is 0 Å². The van der Waals surface area contributed by atoms with Crippen molar-refractivity contribution in [1.82, 2.24) is 15.0 Å². The molecule has 0 unspecified atom stereocenters. The molecule has 0 bridgehead atoms. The second kappa shape index (κ2) is 5.81. The Morgan fingerprint density at radius 3 is 2.33 bits per heavy atom. The van der Waals surface area contributed by atoms with E-state index in [9.17, 15) is 0 Å². The van der Waals surface area contributed by atoms with E-state index in [0.29, 0.717) is 0 Å². The summed E-state index contributed by atoms with van der Waals surface area (Å²) in [5.74, 6) is 1.59. The van der Waals surface area contributed by atoms with Gasteiger partial charge in [-0.05, 0) is 42.8 Å². The highest BCUT2D eigenvalue weighted by atomic mass is 16.5. The number of methoxy groups -OCH3 is 1. The molecule has 0 atom stereocenters. The molecule has 4 heteroatoms. The number of hydrogen-bond donors (Lipinski definition) is 1. The Bertz CT molecular complexity index is 989. The van der Waals surface area contributed by atoms with Gasteiger partial charge in [0.1, 0.15) is 11.6 Å². The lowest BCUT2D eigenvalue weighted by atomic mass is 10.1. The van der Waals surface area contributed by atoms with Crippen LogP contribution < -0.4 is 4.74 Å². The summed E-state index contributed by atoms with van der Waals surface area (Å²) < 4.78 is 5.24. The number of ether oxygens (including phenoxy) is 1. The Hall–Kier alpha value is -3.14. The number of rotatable bonds is 3. The van der Waals surface area contributed by atoms with Crippen LogP contribution in [0, 0.1) is 6.92 Å². The zero-order valence-electron chi connectivity index (χ0n) is 13.6. The molecule has 0 amide bonds. The largest absolute Gasteiger partial charge is 0.497 e. The molecular weight excluding hydrogens is 298 g/mol. The van der Waals surface area contributed by atoms with Crippen LogP contribution in [0.4, 0.5) is 0 Å². The van der Waals surface area contributed by atoms with E-state index in [4.69, 9.17) is 4.74 Å². The molecule has 4 nitrogen and oxygen atoms in total. The van der Waals surface area contributed by atoms with E-state index in [2.05, 4.69) is 33.2 Å². The summed E-state index contributed by atoms with van der Waals surface area (Å²) in [6.45, 7) is 1.92. The molecule has 2 aromatic heterocycles. The molecule has 4 rings (SSSR count). The standard InChI is InChI=1S/C20H17N3O/c1-13-21-18-12-17(14-6-4-3-5-7-14)23-20(18)19(22-13)15-8-10-16(24-2)11-9-15/h3-12,23H,1-2H3. The Morgan fingerprint density at radius 1 is 0.875 bits per heavy atom. The first-order valence-corrected chi connectivity index (χ1v) is 7.82. The van der Waals surface area contributed by atoms with Gasteiger partial charge in [0.2, 0.25) is 0 Å². The van der Waals surface area contributed by atoms with E-state index >= 15 is 0 Å². The minimum Gasteiger partial charge on any atom is -0.497 e. The van der Waals surface area contributed by atoms with Crippen LogP contribution >= 0.6 is 0 Å². The number of benzene rings is 2. The van der Waals surface area contributed by atoms with E-state index in [1.165, 1.54) is 0 Å². The van der Waals surface area contributed by atoms with Crippen molar-refractivity contribution in [1.29, 1.82) is 0 Å². The van der Waals surface area contributed by atoms with Crippen LogP contribution in [0.5, 0.6) is 5.75 Å². The van der Waals surface area contributed by atoms with Gasteiger partial charge in [-0.2, -0.15) is 0 Å². The summed E-state index contributed by atoms with van der Waals surface area (Å²) in [5.41, 5.74) is 5.99. The third-order valence-corrected chi connectivity index (χ3v) is 4.04. The van der Waals surface area contributed by atoms with Crippen molar-refractivity contribution in [2.24, 2.45) is 0 Å². The number of nitrogens with zero attached hydrogens (tertiary/aromatic N) is 2. The Morgan fingerprint density at radius 2 is 1.62 bits per heavy atom. The lowest BCUT2D eigenvalue weighted by molar-refractivity contribution is 0.415. The average Bonchev–Trinajstić information content (AvgIpc) is 3.06. The maximum Gasteiger partial charge on any atom is 0.126 e. The van der Waals surface area contributed by atoms with Gasteiger partial charge >= 0.3 is 0 Å². The molecule has 0 aliphatic rings. The highest BCUT2D eigenvalue weighted by molar-refractivity contribution is 5.93. The Balaban J connectivity index is 1.90. The molecule has 4 aromatic rings. The maximum absolute atomic E-state index is 5.24. The van der Waals surface area contributed by atoms with E-state index in [1.54, 1.807) is 7.11 Å². The average molecular weight is 315 g/mol. The number of H-pyrrole nitrogens is 1. The van der Waals surface area contributed by atoms with Crippen LogP contribution in [0.25, 0.3) is 33.5 Å². The van der Waals surface area contributed by atoms with Crippen LogP contribution in [0.1, 0.15) is 5.82 Å². The molecule has 2 aromatic carbocycles. The zero-order chi connectivity index (χ0) is 16.5. The summed E-state index contributed by atoms with van der Waals surface area (Å²) in [7, 11) is 1.67. The summed E-state index contributed by atoms with van der Waals surface area (Å²) in [6, 6.07) is 20.2. The van der Waals surface area contributed by atoms with Gasteiger partial charge in [0.25, 0.3) is 0 Å². The zero-order valence-corrected chi connectivity index (χ0v) is 13.6. The molecule has 1 N–H and O–H groups in total. The van der Waals surface area contributed by atoms with Gasteiger partial charge < -0.3 is 9.72 Å². The minimum absolute atomic E-state index is 0.756. The molecule has 0 aliphatic heterocycles. The van der Waals surface area contributed by atoms with Crippen molar-refractivity contribution in [2.45, 2.75) is 6.92 Å². The number of aryl methyl sites for hydroxylation is 1. The minimum atomic E-state index is 0.756. The SMILES string of the molecule is COc1ccc(-c2nc(C)nc3cc(-c4ccccc4)[nH]c23)cc1. The molecule has 24 heavy (non-hydrogen) atoms. The lowest BCUT2D eigenvalue weighted by Crippen LogP contribution is -1.93. The van der Waals surface area contributed by atoms with E-state index in [-0.39, 0.29) is 0 Å². The molecule has 0 fully saturated rings. The topological polar surface area (TPSA) is 50.8 Å². The number of aromatic nitrogens is 3. The van der Waals surface area contributed by atoms with E-state index < -0.39 is 0 Å². The van der Waals surface area contributed by atoms with Crippen molar-refractivity contribution >= 4 is 11.0 Å². The van der Waals surface area contributed by atoms with Crippen molar-refractivity contribution < 1.29 is 4.74 Å². The molecule has 0 aliphatic carbocycles. The number of nitrogens with one attached hydrogen (secondary N) is 1. The monoisotopic (exact) mass is 315 g/mol. The van der Waals surface area contributed by atoms with Gasteiger partial charge in [0.05, 0.1) is 23.8 Å². The fourth-order valence-corrected chi connectivity index (χ4v) is 2.86. The van der Waals surface area contributed by atoms with Gasteiger partial charge in [-0.3, -0.25) is 0 Å². The number of hydrogen-bond acceptors (Lipinski definition) is 3. The summed E-state index contributed by atoms with van der Waals surface area (Å²) in [5, 5.41) is 0. The molecule has 0 saturated carbocycles. The van der Waals surface area contributed by atoms with Gasteiger partial charge in [-0.25, -0.2) is 9.97 Å². The molecule has 0 radical (unpaired) electrons. The highest BCUT2D eigenvalue weighted by Crippen LogP contribution is 2.30. The number of aromatic amines is 1. The van der Waals surface area contributed by atoms with E-state index in [1.807, 2.05) is 49.4 Å². The van der Waals surface area contributed by atoms with Crippen molar-refractivity contribution in [3.63, 3.8) is 0 Å². The fraction of sp³-hybridized carbons (Fsp3) is 0.100. The predicted molar refractivity (Wildman–Crippen MR) is 96.0 cm³/mol. The fourth-order valence-electron chi connectivity index (χ4n) is 2.86. The predicted octanol–water partition coefficient (Wildman–Crippen LogP) is 4.61. The quantitative estimate of drug-likeness (QED) is 0.600. The van der Waals surface area contributed by atoms with Crippen LogP contribution in [0.3, 0.4) is 0 Å². The third-order valence-electron chi connectivity index (χ3n) is 4.04. The Labute approximate surface area is 140 Å². The first kappa shape index (κ1) is 14.5. The molecule has 0 saturated heterocycles. The first-order chi connectivity index (χ1) is 11.7. The van der Waals surface area contributed by atoms with Gasteiger partial charge in [0.15, 0.2) is 0 Å². The third kappa shape index (κ3) is 2.52. The van der Waals surface area contributed by atoms with Crippen molar-refractivity contribution in [3.05, 3.63) is 66.5 Å². The van der Waals surface area contributed by atoms with Gasteiger partial charge in [-0.15, -0.1) is 0 Å². The van der Waals surface area contributed by atoms with Crippen LogP contribution in [-0.4, -0.2) is 22.1 Å². The number of fused-ring (bicyclic) bond motifs is 1.